The third-order valence-electron chi connectivity index (χ3n) is 5.07. The number of rotatable bonds is 5. The van der Waals surface area contributed by atoms with Gasteiger partial charge in [-0.2, -0.15) is 0 Å². The van der Waals surface area contributed by atoms with Crippen molar-refractivity contribution in [2.75, 3.05) is 17.7 Å². The molecule has 0 heterocycles. The van der Waals surface area contributed by atoms with Crippen molar-refractivity contribution in [1.82, 2.24) is 0 Å². The Kier molecular flexibility index (Phi) is 7.03. The summed E-state index contributed by atoms with van der Waals surface area (Å²) in [6.45, 7) is 0. The fraction of sp³-hybridized carbons (Fsp3) is 0.0345. The molecule has 6 heteroatoms. The van der Waals surface area contributed by atoms with Gasteiger partial charge in [-0.05, 0) is 54.6 Å². The first kappa shape index (κ1) is 23.1. The van der Waals surface area contributed by atoms with Gasteiger partial charge in [0.2, 0.25) is 0 Å². The van der Waals surface area contributed by atoms with Gasteiger partial charge in [-0.15, -0.1) is 5.73 Å². The molecule has 2 N–H and O–H groups in total. The Hall–Kier alpha value is -5.11. The number of allylic oxidation sites excluding steroid dienone is 1. The average Bonchev–Trinajstić information content (AvgIpc) is 3.44. The molecule has 0 unspecified atom stereocenters. The number of esters is 1. The summed E-state index contributed by atoms with van der Waals surface area (Å²) in [6, 6.07) is 20.7. The smallest absolute Gasteiger partial charge is 0.339 e. The lowest BCUT2D eigenvalue weighted by Gasteiger charge is -2.11. The molecular formula is C29H20N2O4. The molecular weight excluding hydrogens is 440 g/mol. The van der Waals surface area contributed by atoms with Crippen molar-refractivity contribution in [3.63, 3.8) is 0 Å². The van der Waals surface area contributed by atoms with Crippen LogP contribution in [0.25, 0.3) is 0 Å². The largest absolute Gasteiger partial charge is 0.465 e. The van der Waals surface area contributed by atoms with E-state index in [1.807, 2.05) is 6.07 Å². The van der Waals surface area contributed by atoms with Gasteiger partial charge in [0.25, 0.3) is 11.8 Å². The van der Waals surface area contributed by atoms with Crippen LogP contribution in [0, 0.1) is 11.8 Å². The number of methoxy groups -OCH3 is 1. The molecule has 0 aromatic heterocycles. The molecule has 2 amide bonds. The number of amides is 2. The lowest BCUT2D eigenvalue weighted by Crippen LogP contribution is -2.15. The molecule has 1 aliphatic rings. The first-order chi connectivity index (χ1) is 17.0. The van der Waals surface area contributed by atoms with Crippen LogP contribution in [0.1, 0.15) is 31.8 Å². The summed E-state index contributed by atoms with van der Waals surface area (Å²) in [4.78, 5) is 37.3. The van der Waals surface area contributed by atoms with E-state index in [-0.39, 0.29) is 11.8 Å². The van der Waals surface area contributed by atoms with Crippen LogP contribution < -0.4 is 10.6 Å². The fourth-order valence-corrected chi connectivity index (χ4v) is 3.30. The molecule has 170 valence electrons. The van der Waals surface area contributed by atoms with Gasteiger partial charge in [0.05, 0.1) is 23.9 Å². The molecule has 4 rings (SSSR count). The van der Waals surface area contributed by atoms with Gasteiger partial charge in [0.15, 0.2) is 0 Å². The molecule has 0 atom stereocenters. The molecule has 3 aromatic rings. The Morgan fingerprint density at radius 1 is 0.829 bits per heavy atom. The van der Waals surface area contributed by atoms with E-state index < -0.39 is 5.97 Å². The Labute approximate surface area is 202 Å². The Morgan fingerprint density at radius 2 is 1.57 bits per heavy atom. The van der Waals surface area contributed by atoms with Crippen molar-refractivity contribution >= 4 is 29.2 Å². The van der Waals surface area contributed by atoms with Crippen LogP contribution in [0.15, 0.2) is 102 Å². The Balaban J connectivity index is 1.68. The first-order valence-electron chi connectivity index (χ1n) is 10.7. The molecule has 0 spiro atoms. The molecule has 0 aliphatic heterocycles. The molecule has 0 bridgehead atoms. The minimum Gasteiger partial charge on any atom is -0.465 e. The molecule has 0 fully saturated rings. The lowest BCUT2D eigenvalue weighted by molar-refractivity contribution is -0.112. The maximum atomic E-state index is 12.7. The van der Waals surface area contributed by atoms with Crippen molar-refractivity contribution in [2.24, 2.45) is 0 Å². The average molecular weight is 460 g/mol. The molecule has 1 aliphatic carbocycles. The van der Waals surface area contributed by atoms with Gasteiger partial charge in [-0.25, -0.2) is 4.79 Å². The second-order valence-electron chi connectivity index (χ2n) is 7.41. The van der Waals surface area contributed by atoms with Crippen LogP contribution in [0.2, 0.25) is 0 Å². The summed E-state index contributed by atoms with van der Waals surface area (Å²) in [5.41, 5.74) is 5.96. The Bertz CT molecular complexity index is 1470. The lowest BCUT2D eigenvalue weighted by atomic mass is 10.1. The SMILES string of the molecule is COC(=O)c1ccccc1C#Cc1ccc(NC(=O)c2ccccc2)cc1NC(=O)C1=C=CC=C1. The van der Waals surface area contributed by atoms with Gasteiger partial charge in [0.1, 0.15) is 0 Å². The quantitative estimate of drug-likeness (QED) is 0.328. The third-order valence-corrected chi connectivity index (χ3v) is 5.07. The van der Waals surface area contributed by atoms with Gasteiger partial charge < -0.3 is 15.4 Å². The van der Waals surface area contributed by atoms with Crippen LogP contribution in [0.5, 0.6) is 0 Å². The predicted molar refractivity (Wildman–Crippen MR) is 134 cm³/mol. The minimum atomic E-state index is -0.492. The molecule has 3 aromatic carbocycles. The van der Waals surface area contributed by atoms with Gasteiger partial charge in [0, 0.05) is 22.4 Å². The molecule has 0 saturated carbocycles. The van der Waals surface area contributed by atoms with E-state index in [0.717, 1.165) is 0 Å². The predicted octanol–water partition coefficient (Wildman–Crippen LogP) is 4.72. The zero-order chi connectivity index (χ0) is 24.6. The number of carbonyl (C=O) groups excluding carboxylic acids is 3. The second-order valence-corrected chi connectivity index (χ2v) is 7.41. The van der Waals surface area contributed by atoms with Crippen LogP contribution in [0.3, 0.4) is 0 Å². The number of anilines is 2. The van der Waals surface area contributed by atoms with Crippen LogP contribution >= 0.6 is 0 Å². The highest BCUT2D eigenvalue weighted by molar-refractivity contribution is 6.08. The summed E-state index contributed by atoms with van der Waals surface area (Å²) >= 11 is 0. The summed E-state index contributed by atoms with van der Waals surface area (Å²) in [6.07, 6.45) is 5.01. The topological polar surface area (TPSA) is 84.5 Å². The van der Waals surface area contributed by atoms with Crippen molar-refractivity contribution in [1.29, 1.82) is 0 Å². The number of ether oxygens (including phenoxy) is 1. The van der Waals surface area contributed by atoms with E-state index in [9.17, 15) is 14.4 Å². The van der Waals surface area contributed by atoms with Gasteiger partial charge in [-0.3, -0.25) is 9.59 Å². The maximum absolute atomic E-state index is 12.7. The van der Waals surface area contributed by atoms with Crippen molar-refractivity contribution in [3.8, 4) is 11.8 Å². The van der Waals surface area contributed by atoms with Crippen molar-refractivity contribution in [3.05, 3.63) is 125 Å². The number of carbonyl (C=O) groups is 3. The van der Waals surface area contributed by atoms with Gasteiger partial charge in [-0.1, -0.05) is 48.2 Å². The highest BCUT2D eigenvalue weighted by atomic mass is 16.5. The summed E-state index contributed by atoms with van der Waals surface area (Å²) in [5, 5.41) is 5.67. The van der Waals surface area contributed by atoms with E-state index in [4.69, 9.17) is 4.74 Å². The van der Waals surface area contributed by atoms with E-state index in [1.54, 1.807) is 85.0 Å². The summed E-state index contributed by atoms with van der Waals surface area (Å²) < 4.78 is 4.83. The normalized spacial score (nSPS) is 11.2. The fourth-order valence-electron chi connectivity index (χ4n) is 3.30. The first-order valence-corrected chi connectivity index (χ1v) is 10.7. The van der Waals surface area contributed by atoms with Crippen molar-refractivity contribution < 1.29 is 19.1 Å². The van der Waals surface area contributed by atoms with E-state index in [2.05, 4.69) is 28.2 Å². The van der Waals surface area contributed by atoms with E-state index in [1.165, 1.54) is 7.11 Å². The minimum absolute atomic E-state index is 0.280. The maximum Gasteiger partial charge on any atom is 0.339 e. The number of hydrogen-bond donors (Lipinski definition) is 2. The number of hydrogen-bond acceptors (Lipinski definition) is 4. The van der Waals surface area contributed by atoms with E-state index >= 15 is 0 Å². The monoisotopic (exact) mass is 460 g/mol. The standard InChI is InChI=1S/C29H20N2O4/c1-35-29(34)25-14-8-7-9-20(25)15-16-21-17-18-24(30-27(32)22-10-3-2-4-11-22)19-26(21)31-28(33)23-12-5-6-13-23/h2-12,14,17-19H,1H3,(H,30,32)(H,31,33). The molecule has 35 heavy (non-hydrogen) atoms. The zero-order valence-electron chi connectivity index (χ0n) is 18.8. The molecule has 0 saturated heterocycles. The summed E-state index contributed by atoms with van der Waals surface area (Å²) in [5.74, 6) is 4.87. The van der Waals surface area contributed by atoms with Crippen LogP contribution in [-0.4, -0.2) is 24.9 Å². The molecule has 6 nitrogen and oxygen atoms in total. The van der Waals surface area contributed by atoms with E-state index in [0.29, 0.717) is 39.2 Å². The van der Waals surface area contributed by atoms with Crippen LogP contribution in [0.4, 0.5) is 11.4 Å². The number of nitrogens with one attached hydrogen (secondary N) is 2. The highest BCUT2D eigenvalue weighted by Gasteiger charge is 2.13. The van der Waals surface area contributed by atoms with Gasteiger partial charge >= 0.3 is 5.97 Å². The molecule has 0 radical (unpaired) electrons. The zero-order valence-corrected chi connectivity index (χ0v) is 18.8. The summed E-state index contributed by atoms with van der Waals surface area (Å²) in [7, 11) is 1.31. The highest BCUT2D eigenvalue weighted by Crippen LogP contribution is 2.23. The Morgan fingerprint density at radius 3 is 2.31 bits per heavy atom. The van der Waals surface area contributed by atoms with Crippen molar-refractivity contribution in [2.45, 2.75) is 0 Å². The number of benzene rings is 3. The second kappa shape index (κ2) is 10.7. The third kappa shape index (κ3) is 5.63. The van der Waals surface area contributed by atoms with Crippen LogP contribution in [-0.2, 0) is 9.53 Å².